The van der Waals surface area contributed by atoms with Gasteiger partial charge in [-0.25, -0.2) is 0 Å². The minimum Gasteiger partial charge on any atom is -0.494 e. The summed E-state index contributed by atoms with van der Waals surface area (Å²) in [6, 6.07) is 12.6. The highest BCUT2D eigenvalue weighted by molar-refractivity contribution is 9.10. The number of ether oxygens (including phenoxy) is 2. The van der Waals surface area contributed by atoms with Gasteiger partial charge in [-0.1, -0.05) is 13.3 Å². The highest BCUT2D eigenvalue weighted by atomic mass is 79.9. The van der Waals surface area contributed by atoms with Crippen LogP contribution in [-0.2, 0) is 0 Å². The first-order valence-electron chi connectivity index (χ1n) is 8.10. The predicted molar refractivity (Wildman–Crippen MR) is 100 cm³/mol. The van der Waals surface area contributed by atoms with Crippen molar-refractivity contribution in [3.05, 3.63) is 52.5 Å². The molecule has 0 saturated heterocycles. The van der Waals surface area contributed by atoms with Crippen molar-refractivity contribution < 1.29 is 14.3 Å². The van der Waals surface area contributed by atoms with E-state index in [1.54, 1.807) is 12.1 Å². The van der Waals surface area contributed by atoms with Crippen LogP contribution in [0.1, 0.15) is 37.0 Å². The molecular formula is C19H22BrNO3. The van der Waals surface area contributed by atoms with Crippen LogP contribution in [0.15, 0.2) is 46.9 Å². The zero-order valence-electron chi connectivity index (χ0n) is 14.0. The zero-order valence-corrected chi connectivity index (χ0v) is 15.6. The zero-order chi connectivity index (χ0) is 17.4. The fourth-order valence-electron chi connectivity index (χ4n) is 2.09. The van der Waals surface area contributed by atoms with Crippen molar-refractivity contribution >= 4 is 27.5 Å². The second-order valence-electron chi connectivity index (χ2n) is 5.26. The van der Waals surface area contributed by atoms with Gasteiger partial charge < -0.3 is 14.8 Å². The standard InChI is InChI=1S/C19H22BrNO3/c1-3-5-12-24-18-11-6-14(13-17(18)20)19(22)21-15-7-9-16(10-8-15)23-4-2/h6-11,13H,3-5,12H2,1-2H3,(H,21,22). The molecule has 0 aliphatic rings. The van der Waals surface area contributed by atoms with E-state index in [1.165, 1.54) is 0 Å². The fourth-order valence-corrected chi connectivity index (χ4v) is 2.58. The number of anilines is 1. The maximum absolute atomic E-state index is 12.3. The number of unbranched alkanes of at least 4 members (excludes halogenated alkanes) is 1. The van der Waals surface area contributed by atoms with Crippen molar-refractivity contribution in [2.45, 2.75) is 26.7 Å². The molecule has 1 N–H and O–H groups in total. The number of nitrogens with one attached hydrogen (secondary N) is 1. The number of halogens is 1. The third kappa shape index (κ3) is 5.27. The van der Waals surface area contributed by atoms with Crippen molar-refractivity contribution in [2.75, 3.05) is 18.5 Å². The third-order valence-electron chi connectivity index (χ3n) is 3.37. The van der Waals surface area contributed by atoms with Crippen LogP contribution in [0.4, 0.5) is 5.69 Å². The summed E-state index contributed by atoms with van der Waals surface area (Å²) in [5.74, 6) is 1.37. The van der Waals surface area contributed by atoms with Gasteiger partial charge in [0.2, 0.25) is 0 Å². The Labute approximate surface area is 151 Å². The molecule has 2 aromatic rings. The van der Waals surface area contributed by atoms with E-state index >= 15 is 0 Å². The van der Waals surface area contributed by atoms with E-state index in [0.29, 0.717) is 18.8 Å². The van der Waals surface area contributed by atoms with Crippen molar-refractivity contribution in [1.29, 1.82) is 0 Å². The molecule has 1 amide bonds. The normalized spacial score (nSPS) is 10.3. The van der Waals surface area contributed by atoms with E-state index in [-0.39, 0.29) is 5.91 Å². The van der Waals surface area contributed by atoms with Crippen LogP contribution in [0.25, 0.3) is 0 Å². The van der Waals surface area contributed by atoms with Crippen LogP contribution in [0.3, 0.4) is 0 Å². The summed E-state index contributed by atoms with van der Waals surface area (Å²) in [6.45, 7) is 5.34. The lowest BCUT2D eigenvalue weighted by atomic mass is 10.2. The smallest absolute Gasteiger partial charge is 0.255 e. The maximum Gasteiger partial charge on any atom is 0.255 e. The minimum atomic E-state index is -0.167. The number of benzene rings is 2. The van der Waals surface area contributed by atoms with E-state index < -0.39 is 0 Å². The summed E-state index contributed by atoms with van der Waals surface area (Å²) in [4.78, 5) is 12.3. The van der Waals surface area contributed by atoms with Gasteiger partial charge in [0.15, 0.2) is 0 Å². The Morgan fingerprint density at radius 2 is 1.83 bits per heavy atom. The quantitative estimate of drug-likeness (QED) is 0.622. The first-order chi connectivity index (χ1) is 11.6. The topological polar surface area (TPSA) is 47.6 Å². The Morgan fingerprint density at radius 3 is 2.46 bits per heavy atom. The molecule has 0 heterocycles. The summed E-state index contributed by atoms with van der Waals surface area (Å²) >= 11 is 3.46. The van der Waals surface area contributed by atoms with Crippen LogP contribution < -0.4 is 14.8 Å². The van der Waals surface area contributed by atoms with Crippen LogP contribution in [0.5, 0.6) is 11.5 Å². The van der Waals surface area contributed by atoms with Gasteiger partial charge in [-0.15, -0.1) is 0 Å². The minimum absolute atomic E-state index is 0.167. The van der Waals surface area contributed by atoms with Gasteiger partial charge in [0.05, 0.1) is 17.7 Å². The van der Waals surface area contributed by atoms with Gasteiger partial charge in [0, 0.05) is 11.3 Å². The van der Waals surface area contributed by atoms with Gasteiger partial charge in [-0.2, -0.15) is 0 Å². The molecule has 24 heavy (non-hydrogen) atoms. The molecule has 0 aliphatic carbocycles. The lowest BCUT2D eigenvalue weighted by Crippen LogP contribution is -2.12. The van der Waals surface area contributed by atoms with Crippen molar-refractivity contribution in [2.24, 2.45) is 0 Å². The molecule has 0 aromatic heterocycles. The highest BCUT2D eigenvalue weighted by Gasteiger charge is 2.10. The SMILES string of the molecule is CCCCOc1ccc(C(=O)Nc2ccc(OCC)cc2)cc1Br. The second-order valence-corrected chi connectivity index (χ2v) is 6.11. The molecule has 0 atom stereocenters. The lowest BCUT2D eigenvalue weighted by molar-refractivity contribution is 0.102. The predicted octanol–water partition coefficient (Wildman–Crippen LogP) is 5.28. The van der Waals surface area contributed by atoms with Crippen molar-refractivity contribution in [3.63, 3.8) is 0 Å². The molecule has 0 saturated carbocycles. The molecule has 2 aromatic carbocycles. The van der Waals surface area contributed by atoms with Crippen LogP contribution >= 0.6 is 15.9 Å². The van der Waals surface area contributed by atoms with E-state index in [2.05, 4.69) is 28.2 Å². The van der Waals surface area contributed by atoms with Crippen molar-refractivity contribution in [3.8, 4) is 11.5 Å². The summed E-state index contributed by atoms with van der Waals surface area (Å²) in [7, 11) is 0. The van der Waals surface area contributed by atoms with Gasteiger partial charge in [-0.3, -0.25) is 4.79 Å². The van der Waals surface area contributed by atoms with Gasteiger partial charge in [0.1, 0.15) is 11.5 Å². The first kappa shape index (κ1) is 18.3. The first-order valence-corrected chi connectivity index (χ1v) is 8.90. The van der Waals surface area contributed by atoms with Crippen molar-refractivity contribution in [1.82, 2.24) is 0 Å². The summed E-state index contributed by atoms with van der Waals surface area (Å²) < 4.78 is 11.8. The maximum atomic E-state index is 12.3. The molecule has 0 unspecified atom stereocenters. The van der Waals surface area contributed by atoms with Crippen LogP contribution in [0, 0.1) is 0 Å². The van der Waals surface area contributed by atoms with E-state index in [1.807, 2.05) is 37.3 Å². The molecule has 2 rings (SSSR count). The van der Waals surface area contributed by atoms with E-state index in [4.69, 9.17) is 9.47 Å². The molecule has 0 fully saturated rings. The second kappa shape index (κ2) is 9.33. The molecule has 0 aliphatic heterocycles. The Morgan fingerprint density at radius 1 is 1.08 bits per heavy atom. The monoisotopic (exact) mass is 391 g/mol. The fraction of sp³-hybridized carbons (Fsp3) is 0.316. The Kier molecular flexibility index (Phi) is 7.12. The summed E-state index contributed by atoms with van der Waals surface area (Å²) in [5, 5.41) is 2.87. The number of hydrogen-bond acceptors (Lipinski definition) is 3. The highest BCUT2D eigenvalue weighted by Crippen LogP contribution is 2.27. The Balaban J connectivity index is 2.00. The van der Waals surface area contributed by atoms with Crippen LogP contribution in [-0.4, -0.2) is 19.1 Å². The van der Waals surface area contributed by atoms with Gasteiger partial charge in [0.25, 0.3) is 5.91 Å². The number of amides is 1. The number of carbonyl (C=O) groups is 1. The molecule has 4 nitrogen and oxygen atoms in total. The van der Waals surface area contributed by atoms with E-state index in [9.17, 15) is 4.79 Å². The number of carbonyl (C=O) groups excluding carboxylic acids is 1. The molecule has 5 heteroatoms. The molecule has 0 radical (unpaired) electrons. The van der Waals surface area contributed by atoms with Crippen LogP contribution in [0.2, 0.25) is 0 Å². The molecule has 128 valence electrons. The summed E-state index contributed by atoms with van der Waals surface area (Å²) in [5.41, 5.74) is 1.29. The Bertz CT molecular complexity index is 671. The lowest BCUT2D eigenvalue weighted by Gasteiger charge is -2.10. The number of rotatable bonds is 8. The largest absolute Gasteiger partial charge is 0.494 e. The molecule has 0 spiro atoms. The van der Waals surface area contributed by atoms with Gasteiger partial charge >= 0.3 is 0 Å². The molecular weight excluding hydrogens is 370 g/mol. The number of hydrogen-bond donors (Lipinski definition) is 1. The summed E-state index contributed by atoms with van der Waals surface area (Å²) in [6.07, 6.45) is 2.09. The average molecular weight is 392 g/mol. The van der Waals surface area contributed by atoms with Gasteiger partial charge in [-0.05, 0) is 71.7 Å². The Hall–Kier alpha value is -2.01. The van der Waals surface area contributed by atoms with E-state index in [0.717, 1.165) is 34.5 Å². The molecule has 0 bridgehead atoms. The third-order valence-corrected chi connectivity index (χ3v) is 3.99. The average Bonchev–Trinajstić information content (AvgIpc) is 2.58.